The van der Waals surface area contributed by atoms with Crippen molar-refractivity contribution in [2.75, 3.05) is 0 Å². The average Bonchev–Trinajstić information content (AvgIpc) is 3.20. The Morgan fingerprint density at radius 3 is 2.79 bits per heavy atom. The number of aromatic nitrogens is 1. The maximum absolute atomic E-state index is 12.6. The zero-order chi connectivity index (χ0) is 17.3. The zero-order valence-corrected chi connectivity index (χ0v) is 14.3. The molecule has 6 nitrogen and oxygen atoms in total. The highest BCUT2D eigenvalue weighted by Gasteiger charge is 2.28. The van der Waals surface area contributed by atoms with Gasteiger partial charge in [-0.05, 0) is 25.5 Å². The van der Waals surface area contributed by atoms with Gasteiger partial charge in [-0.25, -0.2) is 5.48 Å². The molecule has 7 heteroatoms. The molecule has 126 valence electrons. The number of nitrogens with zero attached hydrogens (tertiary/aromatic N) is 1. The van der Waals surface area contributed by atoms with E-state index in [-0.39, 0.29) is 17.2 Å². The summed E-state index contributed by atoms with van der Waals surface area (Å²) in [5.74, 6) is -0.642. The average molecular weight is 345 g/mol. The van der Waals surface area contributed by atoms with Crippen LogP contribution in [0.4, 0.5) is 0 Å². The van der Waals surface area contributed by atoms with Crippen LogP contribution in [-0.2, 0) is 11.8 Å². The molecule has 1 aliphatic rings. The molecule has 1 unspecified atom stereocenters. The maximum atomic E-state index is 12.6. The molecule has 1 aliphatic heterocycles. The smallest absolute Gasteiger partial charge is 0.280 e. The number of nitrogens with one attached hydrogen (secondary N) is 2. The molecule has 0 aliphatic carbocycles. The van der Waals surface area contributed by atoms with E-state index in [4.69, 9.17) is 5.21 Å². The van der Waals surface area contributed by atoms with Crippen LogP contribution in [0, 0.1) is 0 Å². The van der Waals surface area contributed by atoms with Crippen molar-refractivity contribution in [1.29, 1.82) is 0 Å². The Morgan fingerprint density at radius 1 is 1.33 bits per heavy atom. The number of benzene rings is 1. The lowest BCUT2D eigenvalue weighted by atomic mass is 10.1. The third kappa shape index (κ3) is 3.05. The van der Waals surface area contributed by atoms with Crippen molar-refractivity contribution in [3.05, 3.63) is 47.0 Å². The van der Waals surface area contributed by atoms with Gasteiger partial charge in [0.05, 0.1) is 4.91 Å². The van der Waals surface area contributed by atoms with Gasteiger partial charge in [0.15, 0.2) is 0 Å². The Balaban J connectivity index is 1.68. The van der Waals surface area contributed by atoms with E-state index in [0.717, 1.165) is 10.9 Å². The fraction of sp³-hybridized carbons (Fsp3) is 0.294. The summed E-state index contributed by atoms with van der Waals surface area (Å²) < 4.78 is 1.88. The number of carbonyl (C=O) groups excluding carboxylic acids is 2. The van der Waals surface area contributed by atoms with Crippen LogP contribution in [0.5, 0.6) is 0 Å². The number of aryl methyl sites for hydroxylation is 1. The number of carbonyl (C=O) groups is 2. The molecule has 3 rings (SSSR count). The first-order chi connectivity index (χ1) is 11.5. The topological polar surface area (TPSA) is 83.4 Å². The van der Waals surface area contributed by atoms with Crippen molar-refractivity contribution in [3.63, 3.8) is 0 Å². The molecule has 0 radical (unpaired) electrons. The Bertz CT molecular complexity index is 828. The summed E-state index contributed by atoms with van der Waals surface area (Å²) in [7, 11) is 1.87. The number of rotatable bonds is 4. The van der Waals surface area contributed by atoms with E-state index >= 15 is 0 Å². The first-order valence-electron chi connectivity index (χ1n) is 7.68. The second-order valence-corrected chi connectivity index (χ2v) is 7.09. The van der Waals surface area contributed by atoms with Gasteiger partial charge >= 0.3 is 0 Å². The van der Waals surface area contributed by atoms with Gasteiger partial charge in [-0.2, -0.15) is 0 Å². The minimum Gasteiger partial charge on any atom is -0.347 e. The second-order valence-electron chi connectivity index (χ2n) is 5.81. The summed E-state index contributed by atoms with van der Waals surface area (Å²) in [5.41, 5.74) is 3.25. The molecule has 0 saturated carbocycles. The van der Waals surface area contributed by atoms with Crippen molar-refractivity contribution >= 4 is 34.5 Å². The van der Waals surface area contributed by atoms with Gasteiger partial charge < -0.3 is 9.88 Å². The summed E-state index contributed by atoms with van der Waals surface area (Å²) in [6.45, 7) is 1.92. The number of fused-ring (bicyclic) bond motifs is 1. The summed E-state index contributed by atoms with van der Waals surface area (Å²) >= 11 is 1.37. The van der Waals surface area contributed by atoms with Crippen LogP contribution in [0.25, 0.3) is 10.9 Å². The number of allylic oxidation sites excluding steroid dienone is 1. The molecule has 2 heterocycles. The number of para-hydroxylation sites is 1. The zero-order valence-electron chi connectivity index (χ0n) is 13.4. The Morgan fingerprint density at radius 2 is 2.08 bits per heavy atom. The third-order valence-electron chi connectivity index (χ3n) is 4.24. The maximum Gasteiger partial charge on any atom is 0.280 e. The molecular weight excluding hydrogens is 326 g/mol. The highest BCUT2D eigenvalue weighted by molar-refractivity contribution is 8.04. The van der Waals surface area contributed by atoms with E-state index < -0.39 is 5.91 Å². The molecule has 1 aromatic carbocycles. The molecule has 0 fully saturated rings. The molecule has 0 bridgehead atoms. The Kier molecular flexibility index (Phi) is 4.64. The first-order valence-corrected chi connectivity index (χ1v) is 8.55. The lowest BCUT2D eigenvalue weighted by Crippen LogP contribution is -2.39. The third-order valence-corrected chi connectivity index (χ3v) is 5.75. The van der Waals surface area contributed by atoms with E-state index in [1.165, 1.54) is 11.8 Å². The van der Waals surface area contributed by atoms with Crippen LogP contribution in [0.1, 0.15) is 23.8 Å². The Hall–Kier alpha value is -2.25. The number of hydrogen-bond acceptors (Lipinski definition) is 4. The van der Waals surface area contributed by atoms with Crippen molar-refractivity contribution in [2.24, 2.45) is 7.05 Å². The standard InChI is InChI=1S/C17H19N3O3S/c1-10(14-7-8-15(24-14)17(22)19-23)18-16(21)13-9-11-5-3-4-6-12(11)20(13)2/h3-6,8-10,14,23H,7H2,1-2H3,(H,18,21)(H,19,22)/t10-,14?/m1/s1. The van der Waals surface area contributed by atoms with Crippen LogP contribution < -0.4 is 10.8 Å². The van der Waals surface area contributed by atoms with E-state index in [1.54, 1.807) is 11.6 Å². The van der Waals surface area contributed by atoms with Crippen LogP contribution in [-0.4, -0.2) is 32.9 Å². The molecule has 2 aromatic rings. The minimum absolute atomic E-state index is 0.0657. The van der Waals surface area contributed by atoms with Crippen LogP contribution in [0.15, 0.2) is 41.3 Å². The SMILES string of the molecule is C[C@@H](NC(=O)c1cc2ccccc2n1C)C1CC=C(C(=O)NO)S1. The minimum atomic E-state index is -0.505. The number of hydrogen-bond donors (Lipinski definition) is 3. The molecule has 0 spiro atoms. The largest absolute Gasteiger partial charge is 0.347 e. The Labute approximate surface area is 143 Å². The highest BCUT2D eigenvalue weighted by Crippen LogP contribution is 2.34. The van der Waals surface area contributed by atoms with Crippen molar-refractivity contribution in [3.8, 4) is 0 Å². The predicted octanol–water partition coefficient (Wildman–Crippen LogP) is 2.19. The summed E-state index contributed by atoms with van der Waals surface area (Å²) in [6.07, 6.45) is 2.45. The lowest BCUT2D eigenvalue weighted by Gasteiger charge is -2.20. The molecular formula is C17H19N3O3S. The van der Waals surface area contributed by atoms with Crippen molar-refractivity contribution in [1.82, 2.24) is 15.4 Å². The quantitative estimate of drug-likeness (QED) is 0.586. The molecule has 3 N–H and O–H groups in total. The predicted molar refractivity (Wildman–Crippen MR) is 93.9 cm³/mol. The summed E-state index contributed by atoms with van der Waals surface area (Å²) in [6, 6.07) is 9.61. The van der Waals surface area contributed by atoms with Crippen LogP contribution in [0.3, 0.4) is 0 Å². The van der Waals surface area contributed by atoms with Gasteiger partial charge in [0, 0.05) is 29.2 Å². The van der Waals surface area contributed by atoms with E-state index in [1.807, 2.05) is 48.9 Å². The molecule has 0 saturated heterocycles. The fourth-order valence-electron chi connectivity index (χ4n) is 2.87. The van der Waals surface area contributed by atoms with Gasteiger partial charge in [-0.3, -0.25) is 14.8 Å². The monoisotopic (exact) mass is 345 g/mol. The summed E-state index contributed by atoms with van der Waals surface area (Å²) in [4.78, 5) is 24.5. The van der Waals surface area contributed by atoms with Crippen LogP contribution in [0.2, 0.25) is 0 Å². The van der Waals surface area contributed by atoms with E-state index in [9.17, 15) is 9.59 Å². The second kappa shape index (κ2) is 6.70. The first kappa shape index (κ1) is 16.6. The van der Waals surface area contributed by atoms with Gasteiger partial charge in [0.1, 0.15) is 5.69 Å². The molecule has 2 atom stereocenters. The number of thioether (sulfide) groups is 1. The van der Waals surface area contributed by atoms with E-state index in [2.05, 4.69) is 5.32 Å². The molecule has 1 aromatic heterocycles. The lowest BCUT2D eigenvalue weighted by molar-refractivity contribution is -0.124. The van der Waals surface area contributed by atoms with Crippen LogP contribution >= 0.6 is 11.8 Å². The highest BCUT2D eigenvalue weighted by atomic mass is 32.2. The molecule has 24 heavy (non-hydrogen) atoms. The normalized spacial score (nSPS) is 18.3. The van der Waals surface area contributed by atoms with Gasteiger partial charge in [-0.15, -0.1) is 11.8 Å². The van der Waals surface area contributed by atoms with Gasteiger partial charge in [-0.1, -0.05) is 24.3 Å². The number of hydroxylamine groups is 1. The fourth-order valence-corrected chi connectivity index (χ4v) is 4.01. The van der Waals surface area contributed by atoms with Crippen molar-refractivity contribution < 1.29 is 14.8 Å². The molecule has 2 amide bonds. The van der Waals surface area contributed by atoms with Crippen molar-refractivity contribution in [2.45, 2.75) is 24.6 Å². The van der Waals surface area contributed by atoms with Gasteiger partial charge in [0.25, 0.3) is 11.8 Å². The summed E-state index contributed by atoms with van der Waals surface area (Å²) in [5, 5.41) is 12.8. The number of amides is 2. The van der Waals surface area contributed by atoms with E-state index in [0.29, 0.717) is 17.0 Å². The van der Waals surface area contributed by atoms with Gasteiger partial charge in [0.2, 0.25) is 0 Å².